The van der Waals surface area contributed by atoms with Crippen LogP contribution in [0.2, 0.25) is 0 Å². The van der Waals surface area contributed by atoms with Crippen LogP contribution in [0.5, 0.6) is 11.5 Å². The second-order valence-electron chi connectivity index (χ2n) is 7.29. The van der Waals surface area contributed by atoms with E-state index in [2.05, 4.69) is 5.32 Å². The SMILES string of the molecule is COc1ccc(OC)c(-c2nn(-c3ccccc3)cc2C(=O)Nc2ccccc2C(C)=O)c1. The van der Waals surface area contributed by atoms with Gasteiger partial charge in [-0.1, -0.05) is 30.3 Å². The Morgan fingerprint density at radius 3 is 2.30 bits per heavy atom. The van der Waals surface area contributed by atoms with Gasteiger partial charge in [-0.25, -0.2) is 4.68 Å². The number of carbonyl (C=O) groups is 2. The number of Topliss-reactive ketones (excluding diaryl/α,β-unsaturated/α-hetero) is 1. The summed E-state index contributed by atoms with van der Waals surface area (Å²) in [5, 5.41) is 7.57. The average Bonchev–Trinajstić information content (AvgIpc) is 3.30. The Kier molecular flexibility index (Phi) is 6.22. The van der Waals surface area contributed by atoms with Crippen molar-refractivity contribution in [1.82, 2.24) is 9.78 Å². The predicted octanol–water partition coefficient (Wildman–Crippen LogP) is 5.01. The summed E-state index contributed by atoms with van der Waals surface area (Å²) in [5.41, 5.74) is 3.02. The lowest BCUT2D eigenvalue weighted by atomic mass is 10.1. The molecule has 7 heteroatoms. The van der Waals surface area contributed by atoms with Crippen LogP contribution in [-0.2, 0) is 0 Å². The van der Waals surface area contributed by atoms with Crippen LogP contribution in [0.15, 0.2) is 79.0 Å². The summed E-state index contributed by atoms with van der Waals surface area (Å²) in [7, 11) is 3.13. The summed E-state index contributed by atoms with van der Waals surface area (Å²) in [6.45, 7) is 1.46. The molecule has 0 saturated carbocycles. The van der Waals surface area contributed by atoms with Crippen molar-refractivity contribution in [1.29, 1.82) is 0 Å². The topological polar surface area (TPSA) is 82.4 Å². The molecule has 33 heavy (non-hydrogen) atoms. The molecule has 0 atom stereocenters. The third-order valence-corrected chi connectivity index (χ3v) is 5.20. The third-order valence-electron chi connectivity index (χ3n) is 5.20. The summed E-state index contributed by atoms with van der Waals surface area (Å²) in [6.07, 6.45) is 1.66. The molecule has 4 aromatic rings. The molecule has 0 aliphatic carbocycles. The van der Waals surface area contributed by atoms with E-state index < -0.39 is 5.91 Å². The van der Waals surface area contributed by atoms with Crippen LogP contribution >= 0.6 is 0 Å². The maximum absolute atomic E-state index is 13.4. The highest BCUT2D eigenvalue weighted by Gasteiger charge is 2.23. The molecule has 1 amide bonds. The number of ether oxygens (including phenoxy) is 2. The minimum atomic E-state index is -0.397. The van der Waals surface area contributed by atoms with E-state index in [0.717, 1.165) is 5.69 Å². The van der Waals surface area contributed by atoms with Crippen molar-refractivity contribution < 1.29 is 19.1 Å². The monoisotopic (exact) mass is 441 g/mol. The fourth-order valence-electron chi connectivity index (χ4n) is 3.54. The van der Waals surface area contributed by atoms with Gasteiger partial charge in [-0.3, -0.25) is 9.59 Å². The van der Waals surface area contributed by atoms with Crippen molar-refractivity contribution in [3.63, 3.8) is 0 Å². The zero-order valence-electron chi connectivity index (χ0n) is 18.5. The van der Waals surface area contributed by atoms with E-state index in [0.29, 0.717) is 39.6 Å². The Bertz CT molecular complexity index is 1310. The fraction of sp³-hybridized carbons (Fsp3) is 0.115. The molecule has 7 nitrogen and oxygen atoms in total. The number of ketones is 1. The normalized spacial score (nSPS) is 10.5. The van der Waals surface area contributed by atoms with Crippen LogP contribution in [0.1, 0.15) is 27.6 Å². The molecule has 0 aliphatic rings. The summed E-state index contributed by atoms with van der Waals surface area (Å²) in [5.74, 6) is 0.618. The number of aromatic nitrogens is 2. The molecule has 1 N–H and O–H groups in total. The Morgan fingerprint density at radius 2 is 1.61 bits per heavy atom. The molecule has 0 bridgehead atoms. The molecule has 0 fully saturated rings. The third kappa shape index (κ3) is 4.48. The number of nitrogens with one attached hydrogen (secondary N) is 1. The largest absolute Gasteiger partial charge is 0.497 e. The Hall–Kier alpha value is -4.39. The van der Waals surface area contributed by atoms with Crippen molar-refractivity contribution in [2.45, 2.75) is 6.92 Å². The number of amides is 1. The van der Waals surface area contributed by atoms with Crippen molar-refractivity contribution in [2.24, 2.45) is 0 Å². The van der Waals surface area contributed by atoms with Gasteiger partial charge in [0.15, 0.2) is 5.78 Å². The van der Waals surface area contributed by atoms with Crippen LogP contribution < -0.4 is 14.8 Å². The molecule has 0 radical (unpaired) electrons. The quantitative estimate of drug-likeness (QED) is 0.408. The fourth-order valence-corrected chi connectivity index (χ4v) is 3.54. The first-order valence-corrected chi connectivity index (χ1v) is 10.3. The van der Waals surface area contributed by atoms with E-state index in [-0.39, 0.29) is 5.78 Å². The van der Waals surface area contributed by atoms with Gasteiger partial charge < -0.3 is 14.8 Å². The van der Waals surface area contributed by atoms with Gasteiger partial charge in [-0.2, -0.15) is 5.10 Å². The number of hydrogen-bond donors (Lipinski definition) is 1. The van der Waals surface area contributed by atoms with Gasteiger partial charge in [-0.15, -0.1) is 0 Å². The molecule has 0 saturated heterocycles. The number of methoxy groups -OCH3 is 2. The Balaban J connectivity index is 1.85. The zero-order valence-corrected chi connectivity index (χ0v) is 18.5. The lowest BCUT2D eigenvalue weighted by Crippen LogP contribution is -2.14. The minimum absolute atomic E-state index is 0.138. The van der Waals surface area contributed by atoms with Crippen molar-refractivity contribution in [3.8, 4) is 28.4 Å². The maximum Gasteiger partial charge on any atom is 0.259 e. The zero-order chi connectivity index (χ0) is 23.4. The number of anilines is 1. The number of nitrogens with zero attached hydrogens (tertiary/aromatic N) is 2. The molecule has 166 valence electrons. The number of hydrogen-bond acceptors (Lipinski definition) is 5. The van der Waals surface area contributed by atoms with E-state index >= 15 is 0 Å². The van der Waals surface area contributed by atoms with Gasteiger partial charge >= 0.3 is 0 Å². The van der Waals surface area contributed by atoms with Crippen LogP contribution in [0.25, 0.3) is 16.9 Å². The number of rotatable bonds is 7. The van der Waals surface area contributed by atoms with E-state index in [9.17, 15) is 9.59 Å². The van der Waals surface area contributed by atoms with E-state index in [1.54, 1.807) is 67.6 Å². The molecule has 0 spiro atoms. The second kappa shape index (κ2) is 9.40. The lowest BCUT2D eigenvalue weighted by Gasteiger charge is -2.11. The standard InChI is InChI=1S/C26H23N3O4/c1-17(30)20-11-7-8-12-23(20)27-26(31)22-16-29(18-9-5-4-6-10-18)28-25(22)21-15-19(32-2)13-14-24(21)33-3/h4-16H,1-3H3,(H,27,31). The summed E-state index contributed by atoms with van der Waals surface area (Å²) >= 11 is 0. The molecule has 1 aromatic heterocycles. The first kappa shape index (κ1) is 21.8. The van der Waals surface area contributed by atoms with Gasteiger partial charge in [0, 0.05) is 17.3 Å². The van der Waals surface area contributed by atoms with Crippen LogP contribution in [0, 0.1) is 0 Å². The Labute approximate surface area is 191 Å². The minimum Gasteiger partial charge on any atom is -0.497 e. The molecule has 3 aromatic carbocycles. The second-order valence-corrected chi connectivity index (χ2v) is 7.29. The smallest absolute Gasteiger partial charge is 0.259 e. The summed E-state index contributed by atoms with van der Waals surface area (Å²) in [6, 6.07) is 21.7. The highest BCUT2D eigenvalue weighted by molar-refractivity contribution is 6.11. The summed E-state index contributed by atoms with van der Waals surface area (Å²) in [4.78, 5) is 25.5. The van der Waals surface area contributed by atoms with Crippen LogP contribution in [0.4, 0.5) is 5.69 Å². The van der Waals surface area contributed by atoms with Crippen molar-refractivity contribution in [2.75, 3.05) is 19.5 Å². The number of para-hydroxylation sites is 2. The van der Waals surface area contributed by atoms with Gasteiger partial charge in [0.2, 0.25) is 0 Å². The lowest BCUT2D eigenvalue weighted by molar-refractivity contribution is 0.101. The van der Waals surface area contributed by atoms with Gasteiger partial charge in [0.05, 0.1) is 31.2 Å². The number of carbonyl (C=O) groups excluding carboxylic acids is 2. The summed E-state index contributed by atoms with van der Waals surface area (Å²) < 4.78 is 12.6. The first-order valence-electron chi connectivity index (χ1n) is 10.3. The predicted molar refractivity (Wildman–Crippen MR) is 127 cm³/mol. The molecule has 4 rings (SSSR count). The highest BCUT2D eigenvalue weighted by Crippen LogP contribution is 2.35. The van der Waals surface area contributed by atoms with Crippen LogP contribution in [-0.4, -0.2) is 35.7 Å². The first-order chi connectivity index (χ1) is 16.0. The average molecular weight is 441 g/mol. The van der Waals surface area contributed by atoms with Crippen LogP contribution in [0.3, 0.4) is 0 Å². The van der Waals surface area contributed by atoms with Gasteiger partial charge in [-0.05, 0) is 49.4 Å². The van der Waals surface area contributed by atoms with Gasteiger partial charge in [0.1, 0.15) is 17.2 Å². The Morgan fingerprint density at radius 1 is 0.879 bits per heavy atom. The molecule has 0 unspecified atom stereocenters. The van der Waals surface area contributed by atoms with E-state index in [1.165, 1.54) is 6.92 Å². The molecule has 0 aliphatic heterocycles. The van der Waals surface area contributed by atoms with E-state index in [1.807, 2.05) is 30.3 Å². The molecule has 1 heterocycles. The van der Waals surface area contributed by atoms with E-state index in [4.69, 9.17) is 14.6 Å². The molecular weight excluding hydrogens is 418 g/mol. The molecular formula is C26H23N3O4. The van der Waals surface area contributed by atoms with Crippen molar-refractivity contribution in [3.05, 3.63) is 90.1 Å². The van der Waals surface area contributed by atoms with Gasteiger partial charge in [0.25, 0.3) is 5.91 Å². The maximum atomic E-state index is 13.4. The number of benzene rings is 3. The van der Waals surface area contributed by atoms with Crippen molar-refractivity contribution >= 4 is 17.4 Å². The highest BCUT2D eigenvalue weighted by atomic mass is 16.5.